The molecule has 0 atom stereocenters. The predicted octanol–water partition coefficient (Wildman–Crippen LogP) is 2.52. The highest BCUT2D eigenvalue weighted by Crippen LogP contribution is 2.31. The first-order chi connectivity index (χ1) is 6.29. The van der Waals surface area contributed by atoms with Crippen molar-refractivity contribution in [3.8, 4) is 0 Å². The van der Waals surface area contributed by atoms with Gasteiger partial charge < -0.3 is 9.52 Å². The maximum Gasteiger partial charge on any atom is 0.0935 e. The molecule has 0 bridgehead atoms. The van der Waals surface area contributed by atoms with Crippen LogP contribution in [0.4, 0.5) is 0 Å². The van der Waals surface area contributed by atoms with E-state index in [0.29, 0.717) is 0 Å². The third kappa shape index (κ3) is 2.13. The van der Waals surface area contributed by atoms with E-state index in [2.05, 4.69) is 0 Å². The zero-order valence-corrected chi connectivity index (χ0v) is 7.83. The molecule has 1 N–H and O–H groups in total. The summed E-state index contributed by atoms with van der Waals surface area (Å²) in [5, 5.41) is 10.2. The van der Waals surface area contributed by atoms with E-state index >= 15 is 0 Å². The summed E-state index contributed by atoms with van der Waals surface area (Å²) in [4.78, 5) is 0. The fourth-order valence-corrected chi connectivity index (χ4v) is 2.16. The van der Waals surface area contributed by atoms with E-state index in [9.17, 15) is 5.11 Å². The summed E-state index contributed by atoms with van der Waals surface area (Å²) < 4.78 is 4.99. The molecule has 0 unspecified atom stereocenters. The number of hydrogen-bond acceptors (Lipinski definition) is 2. The second-order valence-corrected chi connectivity index (χ2v) is 4.09. The van der Waals surface area contributed by atoms with Crippen LogP contribution < -0.4 is 0 Å². The molecule has 1 aromatic rings. The minimum atomic E-state index is -0.456. The lowest BCUT2D eigenvalue weighted by Crippen LogP contribution is -2.33. The molecule has 0 spiro atoms. The molecule has 1 aliphatic carbocycles. The van der Waals surface area contributed by atoms with Crippen molar-refractivity contribution < 1.29 is 9.52 Å². The lowest BCUT2D eigenvalue weighted by atomic mass is 9.81. The Morgan fingerprint density at radius 1 is 1.31 bits per heavy atom. The Labute approximate surface area is 78.6 Å². The smallest absolute Gasteiger partial charge is 0.0935 e. The Balaban J connectivity index is 1.99. The highest BCUT2D eigenvalue weighted by molar-refractivity contribution is 5.09. The van der Waals surface area contributed by atoms with Gasteiger partial charge in [-0.3, -0.25) is 0 Å². The second kappa shape index (κ2) is 3.54. The average Bonchev–Trinajstić information content (AvgIpc) is 2.57. The first-order valence-electron chi connectivity index (χ1n) is 5.02. The first-order valence-corrected chi connectivity index (χ1v) is 5.02. The van der Waals surface area contributed by atoms with Gasteiger partial charge in [0.2, 0.25) is 0 Å². The molecule has 72 valence electrons. The fourth-order valence-electron chi connectivity index (χ4n) is 2.16. The molecule has 2 rings (SSSR count). The molecule has 2 nitrogen and oxygen atoms in total. The molecular weight excluding hydrogens is 164 g/mol. The van der Waals surface area contributed by atoms with Crippen molar-refractivity contribution in [1.82, 2.24) is 0 Å². The molecule has 0 saturated heterocycles. The van der Waals surface area contributed by atoms with Crippen LogP contribution in [0, 0.1) is 0 Å². The Hall–Kier alpha value is -0.760. The van der Waals surface area contributed by atoms with Gasteiger partial charge in [0.1, 0.15) is 0 Å². The summed E-state index contributed by atoms with van der Waals surface area (Å²) in [6, 6.07) is 1.94. The molecule has 1 aliphatic rings. The minimum absolute atomic E-state index is 0.456. The van der Waals surface area contributed by atoms with Crippen molar-refractivity contribution in [3.05, 3.63) is 24.2 Å². The Kier molecular flexibility index (Phi) is 2.40. The number of furan rings is 1. The quantitative estimate of drug-likeness (QED) is 0.758. The molecule has 1 aromatic heterocycles. The van der Waals surface area contributed by atoms with E-state index < -0.39 is 5.60 Å². The minimum Gasteiger partial charge on any atom is -0.472 e. The summed E-state index contributed by atoms with van der Waals surface area (Å²) in [6.07, 6.45) is 9.63. The van der Waals surface area contributed by atoms with Crippen LogP contribution in [0.1, 0.15) is 37.7 Å². The van der Waals surface area contributed by atoms with Gasteiger partial charge in [0, 0.05) is 6.42 Å². The van der Waals surface area contributed by atoms with Gasteiger partial charge in [0.15, 0.2) is 0 Å². The van der Waals surface area contributed by atoms with E-state index in [1.807, 2.05) is 6.07 Å². The Bertz CT molecular complexity index is 245. The van der Waals surface area contributed by atoms with E-state index in [-0.39, 0.29) is 0 Å². The maximum atomic E-state index is 10.2. The van der Waals surface area contributed by atoms with E-state index in [4.69, 9.17) is 4.42 Å². The molecule has 1 saturated carbocycles. The lowest BCUT2D eigenvalue weighted by molar-refractivity contribution is 0.00437. The van der Waals surface area contributed by atoms with Gasteiger partial charge >= 0.3 is 0 Å². The van der Waals surface area contributed by atoms with Crippen molar-refractivity contribution in [2.24, 2.45) is 0 Å². The largest absolute Gasteiger partial charge is 0.472 e. The number of aliphatic hydroxyl groups is 1. The summed E-state index contributed by atoms with van der Waals surface area (Å²) in [5.41, 5.74) is 0.659. The van der Waals surface area contributed by atoms with Crippen molar-refractivity contribution in [3.63, 3.8) is 0 Å². The Morgan fingerprint density at radius 2 is 2.08 bits per heavy atom. The summed E-state index contributed by atoms with van der Waals surface area (Å²) >= 11 is 0. The van der Waals surface area contributed by atoms with Gasteiger partial charge in [-0.05, 0) is 24.5 Å². The van der Waals surface area contributed by atoms with Crippen molar-refractivity contribution >= 4 is 0 Å². The third-order valence-corrected chi connectivity index (χ3v) is 2.90. The molecule has 0 amide bonds. The maximum absolute atomic E-state index is 10.2. The van der Waals surface area contributed by atoms with Crippen LogP contribution in [0.5, 0.6) is 0 Å². The van der Waals surface area contributed by atoms with Crippen molar-refractivity contribution in [1.29, 1.82) is 0 Å². The van der Waals surface area contributed by atoms with Gasteiger partial charge in [-0.15, -0.1) is 0 Å². The molecule has 0 aromatic carbocycles. The normalized spacial score (nSPS) is 21.6. The van der Waals surface area contributed by atoms with Gasteiger partial charge in [-0.25, -0.2) is 0 Å². The van der Waals surface area contributed by atoms with Crippen LogP contribution in [-0.2, 0) is 6.42 Å². The van der Waals surface area contributed by atoms with Gasteiger partial charge in [-0.2, -0.15) is 0 Å². The summed E-state index contributed by atoms with van der Waals surface area (Å²) in [5.74, 6) is 0. The molecule has 0 aliphatic heterocycles. The van der Waals surface area contributed by atoms with Crippen LogP contribution in [0.3, 0.4) is 0 Å². The zero-order valence-electron chi connectivity index (χ0n) is 7.83. The molecule has 1 fully saturated rings. The van der Waals surface area contributed by atoms with Crippen LogP contribution >= 0.6 is 0 Å². The van der Waals surface area contributed by atoms with Crippen LogP contribution in [0.25, 0.3) is 0 Å². The second-order valence-electron chi connectivity index (χ2n) is 4.09. The molecular formula is C11H16O2. The van der Waals surface area contributed by atoms with E-state index in [1.165, 1.54) is 6.42 Å². The van der Waals surface area contributed by atoms with E-state index in [1.54, 1.807) is 12.5 Å². The van der Waals surface area contributed by atoms with Crippen LogP contribution in [0.15, 0.2) is 23.0 Å². The lowest BCUT2D eigenvalue weighted by Gasteiger charge is -2.31. The van der Waals surface area contributed by atoms with Gasteiger partial charge in [0.25, 0.3) is 0 Å². The zero-order chi connectivity index (χ0) is 9.15. The number of rotatable bonds is 2. The van der Waals surface area contributed by atoms with Crippen LogP contribution in [-0.4, -0.2) is 10.7 Å². The van der Waals surface area contributed by atoms with Crippen molar-refractivity contribution in [2.45, 2.75) is 44.1 Å². The average molecular weight is 180 g/mol. The third-order valence-electron chi connectivity index (χ3n) is 2.90. The highest BCUT2D eigenvalue weighted by Gasteiger charge is 2.29. The monoisotopic (exact) mass is 180 g/mol. The fraction of sp³-hybridized carbons (Fsp3) is 0.636. The Morgan fingerprint density at radius 3 is 2.69 bits per heavy atom. The first kappa shape index (κ1) is 8.82. The van der Waals surface area contributed by atoms with Gasteiger partial charge in [-0.1, -0.05) is 19.3 Å². The standard InChI is InChI=1S/C11H16O2/c12-11(5-2-1-3-6-11)8-10-4-7-13-9-10/h4,7,9,12H,1-3,5-6,8H2. The van der Waals surface area contributed by atoms with E-state index in [0.717, 1.165) is 37.7 Å². The molecule has 1 heterocycles. The molecule has 0 radical (unpaired) electrons. The SMILES string of the molecule is OC1(Cc2ccoc2)CCCCC1. The predicted molar refractivity (Wildman–Crippen MR) is 50.4 cm³/mol. The summed E-state index contributed by atoms with van der Waals surface area (Å²) in [6.45, 7) is 0. The molecule has 2 heteroatoms. The summed E-state index contributed by atoms with van der Waals surface area (Å²) in [7, 11) is 0. The topological polar surface area (TPSA) is 33.4 Å². The molecule has 13 heavy (non-hydrogen) atoms. The highest BCUT2D eigenvalue weighted by atomic mass is 16.3. The van der Waals surface area contributed by atoms with Gasteiger partial charge in [0.05, 0.1) is 18.1 Å². The van der Waals surface area contributed by atoms with Crippen LogP contribution in [0.2, 0.25) is 0 Å². The van der Waals surface area contributed by atoms with Crippen molar-refractivity contribution in [2.75, 3.05) is 0 Å². The number of hydrogen-bond donors (Lipinski definition) is 1.